The zero-order valence-corrected chi connectivity index (χ0v) is 15.3. The summed E-state index contributed by atoms with van der Waals surface area (Å²) in [6.45, 7) is -0.830. The second kappa shape index (κ2) is 8.95. The Labute approximate surface area is 165 Å². The predicted molar refractivity (Wildman–Crippen MR) is 100.0 cm³/mol. The average Bonchev–Trinajstić information content (AvgIpc) is 3.22. The molecule has 1 atom stereocenters. The SMILES string of the molecule is O=C(Nc1ccc(OCC(F)(F)F)cc1)c1cccc(NC(=O)[C@H]2CCCO2)c1. The number of alkyl halides is 3. The average molecular weight is 408 g/mol. The summed E-state index contributed by atoms with van der Waals surface area (Å²) in [6.07, 6.45) is -3.41. The van der Waals surface area contributed by atoms with Crippen LogP contribution in [0, 0.1) is 0 Å². The van der Waals surface area contributed by atoms with Gasteiger partial charge in [-0.15, -0.1) is 0 Å². The number of rotatable bonds is 6. The third-order valence-corrected chi connectivity index (χ3v) is 4.13. The number of halogens is 3. The molecule has 1 saturated heterocycles. The number of hydrogen-bond donors (Lipinski definition) is 2. The summed E-state index contributed by atoms with van der Waals surface area (Å²) in [5.74, 6) is -0.643. The quantitative estimate of drug-likeness (QED) is 0.758. The molecule has 1 heterocycles. The second-order valence-electron chi connectivity index (χ2n) is 6.45. The molecule has 1 fully saturated rings. The molecule has 0 aliphatic carbocycles. The summed E-state index contributed by atoms with van der Waals surface area (Å²) in [4.78, 5) is 24.5. The molecule has 2 N–H and O–H groups in total. The van der Waals surface area contributed by atoms with Gasteiger partial charge in [-0.2, -0.15) is 13.2 Å². The van der Waals surface area contributed by atoms with Gasteiger partial charge in [0.15, 0.2) is 6.61 Å². The number of ether oxygens (including phenoxy) is 2. The van der Waals surface area contributed by atoms with E-state index in [9.17, 15) is 22.8 Å². The molecule has 0 saturated carbocycles. The Kier molecular flexibility index (Phi) is 6.38. The number of carbonyl (C=O) groups excluding carboxylic acids is 2. The zero-order chi connectivity index (χ0) is 20.9. The van der Waals surface area contributed by atoms with Crippen molar-refractivity contribution in [3.8, 4) is 5.75 Å². The standard InChI is InChI=1S/C20H19F3N2O4/c21-20(22,23)12-29-16-8-6-14(7-9-16)24-18(26)13-3-1-4-15(11-13)25-19(27)17-5-2-10-28-17/h1,3-4,6-9,11,17H,2,5,10,12H2,(H,24,26)(H,25,27)/t17-/m1/s1. The molecule has 2 aromatic carbocycles. The molecule has 6 nitrogen and oxygen atoms in total. The first-order valence-corrected chi connectivity index (χ1v) is 8.94. The summed E-state index contributed by atoms with van der Waals surface area (Å²) in [5, 5.41) is 5.36. The highest BCUT2D eigenvalue weighted by Crippen LogP contribution is 2.21. The summed E-state index contributed by atoms with van der Waals surface area (Å²) in [5.41, 5.74) is 1.17. The maximum Gasteiger partial charge on any atom is 0.422 e. The molecule has 2 amide bonds. The molecular weight excluding hydrogens is 389 g/mol. The Morgan fingerprint density at radius 1 is 1.07 bits per heavy atom. The molecule has 0 radical (unpaired) electrons. The Hall–Kier alpha value is -3.07. The number of anilines is 2. The van der Waals surface area contributed by atoms with E-state index in [1.165, 1.54) is 30.3 Å². The van der Waals surface area contributed by atoms with Crippen molar-refractivity contribution in [1.82, 2.24) is 0 Å². The molecule has 3 rings (SSSR count). The molecule has 0 unspecified atom stereocenters. The molecular formula is C20H19F3N2O4. The lowest BCUT2D eigenvalue weighted by atomic mass is 10.1. The van der Waals surface area contributed by atoms with Crippen molar-refractivity contribution in [3.63, 3.8) is 0 Å². The van der Waals surface area contributed by atoms with Crippen molar-refractivity contribution in [2.24, 2.45) is 0 Å². The molecule has 0 spiro atoms. The Morgan fingerprint density at radius 2 is 1.83 bits per heavy atom. The van der Waals surface area contributed by atoms with Crippen LogP contribution in [0.3, 0.4) is 0 Å². The van der Waals surface area contributed by atoms with Crippen molar-refractivity contribution < 1.29 is 32.2 Å². The third-order valence-electron chi connectivity index (χ3n) is 4.13. The molecule has 29 heavy (non-hydrogen) atoms. The highest BCUT2D eigenvalue weighted by molar-refractivity contribution is 6.05. The van der Waals surface area contributed by atoms with Gasteiger partial charge < -0.3 is 20.1 Å². The van der Waals surface area contributed by atoms with Gasteiger partial charge in [0.05, 0.1) is 0 Å². The minimum absolute atomic E-state index is 0.0409. The molecule has 1 aliphatic rings. The van der Waals surface area contributed by atoms with Crippen LogP contribution in [0.2, 0.25) is 0 Å². The first-order chi connectivity index (χ1) is 13.8. The lowest BCUT2D eigenvalue weighted by Crippen LogP contribution is -2.27. The van der Waals surface area contributed by atoms with E-state index in [1.807, 2.05) is 0 Å². The van der Waals surface area contributed by atoms with E-state index < -0.39 is 24.8 Å². The molecule has 0 aromatic heterocycles. The number of hydrogen-bond acceptors (Lipinski definition) is 4. The van der Waals surface area contributed by atoms with Crippen molar-refractivity contribution >= 4 is 23.2 Å². The van der Waals surface area contributed by atoms with Gasteiger partial charge in [-0.25, -0.2) is 0 Å². The van der Waals surface area contributed by atoms with Crippen LogP contribution in [0.15, 0.2) is 48.5 Å². The van der Waals surface area contributed by atoms with Crippen LogP contribution in [-0.2, 0) is 9.53 Å². The van der Waals surface area contributed by atoms with Gasteiger partial charge in [0.25, 0.3) is 11.8 Å². The largest absolute Gasteiger partial charge is 0.484 e. The molecule has 2 aromatic rings. The molecule has 154 valence electrons. The van der Waals surface area contributed by atoms with Crippen LogP contribution in [-0.4, -0.2) is 37.3 Å². The highest BCUT2D eigenvalue weighted by Gasteiger charge is 2.28. The fraction of sp³-hybridized carbons (Fsp3) is 0.300. The van der Waals surface area contributed by atoms with Crippen LogP contribution < -0.4 is 15.4 Å². The normalized spacial score (nSPS) is 16.3. The third kappa shape index (κ3) is 6.21. The van der Waals surface area contributed by atoms with E-state index >= 15 is 0 Å². The van der Waals surface area contributed by atoms with Crippen molar-refractivity contribution in [1.29, 1.82) is 0 Å². The molecule has 0 bridgehead atoms. The number of nitrogens with one attached hydrogen (secondary N) is 2. The maximum atomic E-state index is 12.4. The smallest absolute Gasteiger partial charge is 0.422 e. The van der Waals surface area contributed by atoms with Crippen molar-refractivity contribution in [2.75, 3.05) is 23.8 Å². The van der Waals surface area contributed by atoms with Crippen LogP contribution in [0.25, 0.3) is 0 Å². The van der Waals surface area contributed by atoms with E-state index in [0.29, 0.717) is 30.0 Å². The van der Waals surface area contributed by atoms with Gasteiger partial charge >= 0.3 is 6.18 Å². The van der Waals surface area contributed by atoms with Crippen LogP contribution >= 0.6 is 0 Å². The van der Waals surface area contributed by atoms with Gasteiger partial charge in [-0.3, -0.25) is 9.59 Å². The van der Waals surface area contributed by atoms with E-state index in [1.54, 1.807) is 18.2 Å². The maximum absolute atomic E-state index is 12.4. The lowest BCUT2D eigenvalue weighted by Gasteiger charge is -2.12. The van der Waals surface area contributed by atoms with Gasteiger partial charge in [0.2, 0.25) is 0 Å². The highest BCUT2D eigenvalue weighted by atomic mass is 19.4. The fourth-order valence-electron chi connectivity index (χ4n) is 2.75. The minimum atomic E-state index is -4.42. The summed E-state index contributed by atoms with van der Waals surface area (Å²) >= 11 is 0. The first-order valence-electron chi connectivity index (χ1n) is 8.94. The van der Waals surface area contributed by atoms with Crippen LogP contribution in [0.4, 0.5) is 24.5 Å². The number of benzene rings is 2. The Bertz CT molecular complexity index is 863. The summed E-state index contributed by atoms with van der Waals surface area (Å²) < 4.78 is 46.4. The molecule has 9 heteroatoms. The monoisotopic (exact) mass is 408 g/mol. The molecule has 1 aliphatic heterocycles. The summed E-state index contributed by atoms with van der Waals surface area (Å²) in [7, 11) is 0. The predicted octanol–water partition coefficient (Wildman–Crippen LogP) is 4.00. The summed E-state index contributed by atoms with van der Waals surface area (Å²) in [6, 6.07) is 11.9. The van der Waals surface area contributed by atoms with E-state index in [4.69, 9.17) is 4.74 Å². The Morgan fingerprint density at radius 3 is 2.48 bits per heavy atom. The van der Waals surface area contributed by atoms with Crippen molar-refractivity contribution in [2.45, 2.75) is 25.1 Å². The number of carbonyl (C=O) groups is 2. The van der Waals surface area contributed by atoms with Gasteiger partial charge in [0.1, 0.15) is 11.9 Å². The van der Waals surface area contributed by atoms with Crippen molar-refractivity contribution in [3.05, 3.63) is 54.1 Å². The lowest BCUT2D eigenvalue weighted by molar-refractivity contribution is -0.153. The van der Waals surface area contributed by atoms with E-state index in [-0.39, 0.29) is 11.7 Å². The first kappa shape index (κ1) is 20.7. The topological polar surface area (TPSA) is 76.7 Å². The van der Waals surface area contributed by atoms with E-state index in [2.05, 4.69) is 15.4 Å². The zero-order valence-electron chi connectivity index (χ0n) is 15.3. The van der Waals surface area contributed by atoms with Gasteiger partial charge in [-0.1, -0.05) is 6.07 Å². The second-order valence-corrected chi connectivity index (χ2v) is 6.45. The fourth-order valence-corrected chi connectivity index (χ4v) is 2.75. The van der Waals surface area contributed by atoms with E-state index in [0.717, 1.165) is 6.42 Å². The van der Waals surface area contributed by atoms with Crippen LogP contribution in [0.5, 0.6) is 5.75 Å². The number of amides is 2. The minimum Gasteiger partial charge on any atom is -0.484 e. The van der Waals surface area contributed by atoms with Gasteiger partial charge in [-0.05, 0) is 55.3 Å². The van der Waals surface area contributed by atoms with Gasteiger partial charge in [0, 0.05) is 23.5 Å². The van der Waals surface area contributed by atoms with Crippen LogP contribution in [0.1, 0.15) is 23.2 Å². The Balaban J connectivity index is 1.58.